The summed E-state index contributed by atoms with van der Waals surface area (Å²) in [4.78, 5) is 0. The molecule has 0 atom stereocenters. The highest BCUT2D eigenvalue weighted by Crippen LogP contribution is 2.35. The summed E-state index contributed by atoms with van der Waals surface area (Å²) >= 11 is 3.30. The first kappa shape index (κ1) is 14.1. The summed E-state index contributed by atoms with van der Waals surface area (Å²) in [7, 11) is 1.54. The van der Waals surface area contributed by atoms with Crippen LogP contribution < -0.4 is 10.1 Å². The Morgan fingerprint density at radius 1 is 1.47 bits per heavy atom. The van der Waals surface area contributed by atoms with Gasteiger partial charge >= 0.3 is 0 Å². The molecular weight excluding hydrogens is 282 g/mol. The van der Waals surface area contributed by atoms with E-state index in [0.717, 1.165) is 18.7 Å². The van der Waals surface area contributed by atoms with Gasteiger partial charge in [0.2, 0.25) is 0 Å². The Bertz CT molecular complexity index is 412. The van der Waals surface area contributed by atoms with Gasteiger partial charge in [-0.15, -0.1) is 0 Å². The predicted molar refractivity (Wildman–Crippen MR) is 73.5 cm³/mol. The maximum absolute atomic E-state index is 9.66. The monoisotopic (exact) mass is 299 g/mol. The first-order valence-corrected chi connectivity index (χ1v) is 6.23. The van der Waals surface area contributed by atoms with Crippen LogP contribution in [0.15, 0.2) is 28.3 Å². The van der Waals surface area contributed by atoms with E-state index in [4.69, 9.17) is 4.74 Å². The largest absolute Gasteiger partial charge is 0.503 e. The second-order valence-electron chi connectivity index (χ2n) is 4.04. The number of phenolic OH excluding ortho intramolecular Hbond substituents is 1. The number of rotatable bonds is 5. The minimum absolute atomic E-state index is 0.139. The number of nitrogens with one attached hydrogen (secondary N) is 1. The van der Waals surface area contributed by atoms with Gasteiger partial charge in [-0.25, -0.2) is 0 Å². The molecule has 0 aliphatic rings. The van der Waals surface area contributed by atoms with Crippen molar-refractivity contribution < 1.29 is 9.84 Å². The Morgan fingerprint density at radius 2 is 2.18 bits per heavy atom. The highest BCUT2D eigenvalue weighted by atomic mass is 79.9. The van der Waals surface area contributed by atoms with Gasteiger partial charge in [0.1, 0.15) is 0 Å². The van der Waals surface area contributed by atoms with E-state index in [0.29, 0.717) is 10.2 Å². The van der Waals surface area contributed by atoms with Gasteiger partial charge in [-0.3, -0.25) is 0 Å². The number of hydrogen-bond acceptors (Lipinski definition) is 3. The standard InChI is InChI=1S/C13H18BrNO2/c1-9(2)4-5-15-8-10-6-11(14)13(16)12(7-10)17-3/h4,6-7,15-16H,5,8H2,1-3H3. The second kappa shape index (κ2) is 6.67. The predicted octanol–water partition coefficient (Wildman–Crippen LogP) is 3.22. The summed E-state index contributed by atoms with van der Waals surface area (Å²) in [5, 5.41) is 13.0. The van der Waals surface area contributed by atoms with Crippen molar-refractivity contribution in [3.05, 3.63) is 33.8 Å². The Balaban J connectivity index is 2.66. The molecule has 0 bridgehead atoms. The topological polar surface area (TPSA) is 41.5 Å². The van der Waals surface area contributed by atoms with Crippen molar-refractivity contribution in [2.24, 2.45) is 0 Å². The van der Waals surface area contributed by atoms with Crippen LogP contribution in [-0.4, -0.2) is 18.8 Å². The number of phenols is 1. The van der Waals surface area contributed by atoms with E-state index in [1.54, 1.807) is 7.11 Å². The third-order valence-corrected chi connectivity index (χ3v) is 2.90. The van der Waals surface area contributed by atoms with Crippen LogP contribution in [0.3, 0.4) is 0 Å². The molecule has 0 heterocycles. The molecule has 0 aliphatic carbocycles. The van der Waals surface area contributed by atoms with Crippen LogP contribution >= 0.6 is 15.9 Å². The van der Waals surface area contributed by atoms with E-state index in [1.165, 1.54) is 5.57 Å². The molecule has 0 fully saturated rings. The Morgan fingerprint density at radius 3 is 2.76 bits per heavy atom. The lowest BCUT2D eigenvalue weighted by Crippen LogP contribution is -2.13. The SMILES string of the molecule is COc1cc(CNCC=C(C)C)cc(Br)c1O. The molecule has 17 heavy (non-hydrogen) atoms. The molecule has 4 heteroatoms. The molecule has 0 spiro atoms. The Labute approximate surface area is 111 Å². The van der Waals surface area contributed by atoms with Crippen LogP contribution in [0.5, 0.6) is 11.5 Å². The number of hydrogen-bond donors (Lipinski definition) is 2. The van der Waals surface area contributed by atoms with Gasteiger partial charge in [0.25, 0.3) is 0 Å². The normalized spacial score (nSPS) is 10.1. The fourth-order valence-corrected chi connectivity index (χ4v) is 1.87. The first-order valence-electron chi connectivity index (χ1n) is 5.44. The molecule has 0 saturated heterocycles. The van der Waals surface area contributed by atoms with Crippen LogP contribution in [0.1, 0.15) is 19.4 Å². The molecule has 0 aromatic heterocycles. The van der Waals surface area contributed by atoms with E-state index in [1.807, 2.05) is 12.1 Å². The lowest BCUT2D eigenvalue weighted by Gasteiger charge is -2.09. The molecule has 0 unspecified atom stereocenters. The highest BCUT2D eigenvalue weighted by molar-refractivity contribution is 9.10. The smallest absolute Gasteiger partial charge is 0.172 e. The molecule has 1 aromatic carbocycles. The number of ether oxygens (including phenoxy) is 1. The van der Waals surface area contributed by atoms with Crippen molar-refractivity contribution in [2.45, 2.75) is 20.4 Å². The van der Waals surface area contributed by atoms with Crippen LogP contribution in [0, 0.1) is 0 Å². The average molecular weight is 300 g/mol. The maximum atomic E-state index is 9.66. The van der Waals surface area contributed by atoms with Crippen LogP contribution in [-0.2, 0) is 6.54 Å². The molecule has 0 amide bonds. The third-order valence-electron chi connectivity index (χ3n) is 2.29. The van der Waals surface area contributed by atoms with Crippen molar-refractivity contribution in [1.82, 2.24) is 5.32 Å². The van der Waals surface area contributed by atoms with Gasteiger partial charge in [-0.05, 0) is 47.5 Å². The third kappa shape index (κ3) is 4.40. The molecule has 0 aliphatic heterocycles. The van der Waals surface area contributed by atoms with Gasteiger partial charge in [-0.1, -0.05) is 11.6 Å². The molecule has 1 rings (SSSR count). The minimum atomic E-state index is 0.139. The molecule has 94 valence electrons. The van der Waals surface area contributed by atoms with Crippen molar-refractivity contribution in [3.63, 3.8) is 0 Å². The highest BCUT2D eigenvalue weighted by Gasteiger charge is 2.07. The number of methoxy groups -OCH3 is 1. The van der Waals surface area contributed by atoms with E-state index >= 15 is 0 Å². The summed E-state index contributed by atoms with van der Waals surface area (Å²) < 4.78 is 5.74. The summed E-state index contributed by atoms with van der Waals surface area (Å²) in [5.41, 5.74) is 2.36. The minimum Gasteiger partial charge on any atom is -0.503 e. The maximum Gasteiger partial charge on any atom is 0.172 e. The number of halogens is 1. The average Bonchev–Trinajstić information content (AvgIpc) is 2.28. The van der Waals surface area contributed by atoms with E-state index < -0.39 is 0 Å². The Kier molecular flexibility index (Phi) is 5.51. The lowest BCUT2D eigenvalue weighted by atomic mass is 10.2. The summed E-state index contributed by atoms with van der Waals surface area (Å²) in [6.45, 7) is 5.71. The van der Waals surface area contributed by atoms with Gasteiger partial charge < -0.3 is 15.2 Å². The van der Waals surface area contributed by atoms with Crippen molar-refractivity contribution >= 4 is 15.9 Å². The molecule has 0 saturated carbocycles. The van der Waals surface area contributed by atoms with Crippen LogP contribution in [0.4, 0.5) is 0 Å². The zero-order valence-corrected chi connectivity index (χ0v) is 12.0. The number of benzene rings is 1. The van der Waals surface area contributed by atoms with Crippen LogP contribution in [0.2, 0.25) is 0 Å². The van der Waals surface area contributed by atoms with Crippen molar-refractivity contribution in [2.75, 3.05) is 13.7 Å². The van der Waals surface area contributed by atoms with E-state index in [2.05, 4.69) is 41.2 Å². The number of aromatic hydroxyl groups is 1. The lowest BCUT2D eigenvalue weighted by molar-refractivity contribution is 0.371. The van der Waals surface area contributed by atoms with Crippen molar-refractivity contribution in [1.29, 1.82) is 0 Å². The molecule has 0 radical (unpaired) electrons. The molecule has 2 N–H and O–H groups in total. The quantitative estimate of drug-likeness (QED) is 0.648. The van der Waals surface area contributed by atoms with Gasteiger partial charge in [0.05, 0.1) is 11.6 Å². The number of allylic oxidation sites excluding steroid dienone is 1. The second-order valence-corrected chi connectivity index (χ2v) is 4.90. The van der Waals surface area contributed by atoms with E-state index in [-0.39, 0.29) is 5.75 Å². The van der Waals surface area contributed by atoms with Crippen molar-refractivity contribution in [3.8, 4) is 11.5 Å². The van der Waals surface area contributed by atoms with Gasteiger partial charge in [-0.2, -0.15) is 0 Å². The summed E-state index contributed by atoms with van der Waals surface area (Å²) in [5.74, 6) is 0.624. The molecule has 1 aromatic rings. The van der Waals surface area contributed by atoms with Crippen LogP contribution in [0.25, 0.3) is 0 Å². The molecule has 3 nitrogen and oxygen atoms in total. The van der Waals surface area contributed by atoms with E-state index in [9.17, 15) is 5.11 Å². The van der Waals surface area contributed by atoms with Gasteiger partial charge in [0.15, 0.2) is 11.5 Å². The first-order chi connectivity index (χ1) is 8.04. The fraction of sp³-hybridized carbons (Fsp3) is 0.385. The fourth-order valence-electron chi connectivity index (χ4n) is 1.38. The zero-order valence-electron chi connectivity index (χ0n) is 10.4. The zero-order chi connectivity index (χ0) is 12.8. The van der Waals surface area contributed by atoms with Gasteiger partial charge in [0, 0.05) is 13.1 Å². The summed E-state index contributed by atoms with van der Waals surface area (Å²) in [6.07, 6.45) is 2.13. The Hall–Kier alpha value is -1.00. The molecular formula is C13H18BrNO2. The summed E-state index contributed by atoms with van der Waals surface area (Å²) in [6, 6.07) is 3.71.